The second-order valence-electron chi connectivity index (χ2n) is 3.01. The molecule has 13 heavy (non-hydrogen) atoms. The zero-order chi connectivity index (χ0) is 9.84. The van der Waals surface area contributed by atoms with Crippen LogP contribution in [0.5, 0.6) is 0 Å². The lowest BCUT2D eigenvalue weighted by Crippen LogP contribution is -2.10. The van der Waals surface area contributed by atoms with E-state index in [0.29, 0.717) is 5.75 Å². The molecular weight excluding hydrogens is 180 g/mol. The largest absolute Gasteiger partial charge is 0.254 e. The molecule has 1 aliphatic heterocycles. The fourth-order valence-corrected chi connectivity index (χ4v) is 2.69. The Balaban J connectivity index is 3.12. The molecule has 0 fully saturated rings. The van der Waals surface area contributed by atoms with Crippen molar-refractivity contribution in [3.8, 4) is 0 Å². The van der Waals surface area contributed by atoms with Crippen LogP contribution in [0.25, 0.3) is 0 Å². The third-order valence-electron chi connectivity index (χ3n) is 1.90. The molecule has 0 aromatic heterocycles. The highest BCUT2D eigenvalue weighted by atomic mass is 32.2. The van der Waals surface area contributed by atoms with Gasteiger partial charge in [0.1, 0.15) is 0 Å². The Kier molecular flexibility index (Phi) is 3.43. The molecule has 1 unspecified atom stereocenters. The first-order valence-electron chi connectivity index (χ1n) is 4.22. The second kappa shape index (κ2) is 4.38. The molecule has 0 N–H and O–H groups in total. The average molecular weight is 194 g/mol. The molecule has 0 aromatic rings. The third-order valence-corrected chi connectivity index (χ3v) is 3.46. The minimum atomic E-state index is -0.916. The molecular formula is C11H14OS. The Hall–Kier alpha value is -0.890. The van der Waals surface area contributed by atoms with Crippen LogP contribution in [0.1, 0.15) is 13.3 Å². The van der Waals surface area contributed by atoms with Gasteiger partial charge < -0.3 is 0 Å². The van der Waals surface area contributed by atoms with Gasteiger partial charge >= 0.3 is 0 Å². The van der Waals surface area contributed by atoms with Crippen molar-refractivity contribution in [2.24, 2.45) is 0 Å². The summed E-state index contributed by atoms with van der Waals surface area (Å²) in [4.78, 5) is 0.907. The van der Waals surface area contributed by atoms with Crippen molar-refractivity contribution >= 4 is 10.8 Å². The van der Waals surface area contributed by atoms with Crippen molar-refractivity contribution < 1.29 is 4.21 Å². The maximum Gasteiger partial charge on any atom is 0.0573 e. The molecule has 1 heterocycles. The number of rotatable bonds is 2. The molecule has 1 nitrogen and oxygen atoms in total. The minimum Gasteiger partial charge on any atom is -0.254 e. The highest BCUT2D eigenvalue weighted by molar-refractivity contribution is 7.89. The van der Waals surface area contributed by atoms with E-state index in [4.69, 9.17) is 0 Å². The Bertz CT molecular complexity index is 321. The van der Waals surface area contributed by atoms with E-state index in [2.05, 4.69) is 13.2 Å². The monoisotopic (exact) mass is 194 g/mol. The normalized spacial score (nSPS) is 24.1. The average Bonchev–Trinajstić information content (AvgIpc) is 2.09. The minimum absolute atomic E-state index is 0.594. The Labute approximate surface area is 82.0 Å². The summed E-state index contributed by atoms with van der Waals surface area (Å²) < 4.78 is 11.7. The van der Waals surface area contributed by atoms with Crippen LogP contribution < -0.4 is 0 Å². The lowest BCUT2D eigenvalue weighted by Gasteiger charge is -2.16. The van der Waals surface area contributed by atoms with Crippen molar-refractivity contribution in [1.82, 2.24) is 0 Å². The van der Waals surface area contributed by atoms with Crippen molar-refractivity contribution in [3.63, 3.8) is 0 Å². The summed E-state index contributed by atoms with van der Waals surface area (Å²) in [7, 11) is -0.916. The van der Waals surface area contributed by atoms with Gasteiger partial charge in [0.05, 0.1) is 10.8 Å². The predicted octanol–water partition coefficient (Wildman–Crippen LogP) is 2.71. The summed E-state index contributed by atoms with van der Waals surface area (Å²) in [6, 6.07) is 0. The van der Waals surface area contributed by atoms with E-state index >= 15 is 0 Å². The van der Waals surface area contributed by atoms with Gasteiger partial charge in [-0.3, -0.25) is 4.21 Å². The summed E-state index contributed by atoms with van der Waals surface area (Å²) in [5.41, 5.74) is 2.08. The highest BCUT2D eigenvalue weighted by Gasteiger charge is 2.17. The number of hydrogen-bond acceptors (Lipinski definition) is 1. The number of allylic oxidation sites excluding steroid dienone is 4. The quantitative estimate of drug-likeness (QED) is 0.618. The van der Waals surface area contributed by atoms with Crippen molar-refractivity contribution in [2.75, 3.05) is 5.75 Å². The summed E-state index contributed by atoms with van der Waals surface area (Å²) in [6.45, 7) is 9.50. The molecule has 0 bridgehead atoms. The molecule has 1 aliphatic rings. The van der Waals surface area contributed by atoms with E-state index in [-0.39, 0.29) is 0 Å². The molecule has 0 spiro atoms. The SMILES string of the molecule is C=CC1=C(/C=C\C)S(=O)CC(=C)C1. The van der Waals surface area contributed by atoms with Crippen LogP contribution in [0, 0.1) is 0 Å². The molecule has 70 valence electrons. The van der Waals surface area contributed by atoms with Crippen LogP contribution in [-0.4, -0.2) is 9.96 Å². The number of hydrogen-bond donors (Lipinski definition) is 0. The van der Waals surface area contributed by atoms with E-state index in [1.165, 1.54) is 0 Å². The lowest BCUT2D eigenvalue weighted by molar-refractivity contribution is 0.687. The maximum atomic E-state index is 11.7. The molecule has 1 rings (SSSR count). The fourth-order valence-electron chi connectivity index (χ4n) is 1.32. The second-order valence-corrected chi connectivity index (χ2v) is 4.43. The Morgan fingerprint density at radius 2 is 2.23 bits per heavy atom. The molecule has 0 aliphatic carbocycles. The van der Waals surface area contributed by atoms with Gasteiger partial charge in [0.25, 0.3) is 0 Å². The fraction of sp³-hybridized carbons (Fsp3) is 0.273. The van der Waals surface area contributed by atoms with E-state index < -0.39 is 10.8 Å². The van der Waals surface area contributed by atoms with Gasteiger partial charge in [0.2, 0.25) is 0 Å². The van der Waals surface area contributed by atoms with Crippen LogP contribution >= 0.6 is 0 Å². The van der Waals surface area contributed by atoms with Gasteiger partial charge in [0, 0.05) is 10.7 Å². The van der Waals surface area contributed by atoms with Crippen molar-refractivity contribution in [2.45, 2.75) is 13.3 Å². The zero-order valence-corrected chi connectivity index (χ0v) is 8.69. The smallest absolute Gasteiger partial charge is 0.0573 e. The van der Waals surface area contributed by atoms with Gasteiger partial charge in [-0.1, -0.05) is 37.0 Å². The van der Waals surface area contributed by atoms with Gasteiger partial charge in [-0.25, -0.2) is 0 Å². The molecule has 1 atom stereocenters. The molecule has 0 saturated carbocycles. The zero-order valence-electron chi connectivity index (χ0n) is 7.88. The summed E-state index contributed by atoms with van der Waals surface area (Å²) in [5.74, 6) is 0.594. The van der Waals surface area contributed by atoms with Crippen LogP contribution in [0.2, 0.25) is 0 Å². The first kappa shape index (κ1) is 10.2. The summed E-state index contributed by atoms with van der Waals surface area (Å²) in [6.07, 6.45) is 6.40. The molecule has 0 saturated heterocycles. The lowest BCUT2D eigenvalue weighted by atomic mass is 10.1. The highest BCUT2D eigenvalue weighted by Crippen LogP contribution is 2.26. The van der Waals surface area contributed by atoms with E-state index in [9.17, 15) is 4.21 Å². The van der Waals surface area contributed by atoms with Crippen LogP contribution in [-0.2, 0) is 10.8 Å². The van der Waals surface area contributed by atoms with Crippen LogP contribution in [0.15, 0.2) is 47.4 Å². The van der Waals surface area contributed by atoms with Crippen LogP contribution in [0.3, 0.4) is 0 Å². The van der Waals surface area contributed by atoms with Gasteiger partial charge in [0.15, 0.2) is 0 Å². The van der Waals surface area contributed by atoms with Gasteiger partial charge in [-0.05, 0) is 18.9 Å². The van der Waals surface area contributed by atoms with Crippen LogP contribution in [0.4, 0.5) is 0 Å². The molecule has 0 radical (unpaired) electrons. The molecule has 2 heteroatoms. The third kappa shape index (κ3) is 2.28. The van der Waals surface area contributed by atoms with E-state index in [0.717, 1.165) is 22.5 Å². The summed E-state index contributed by atoms with van der Waals surface area (Å²) >= 11 is 0. The predicted molar refractivity (Wildman–Crippen MR) is 58.8 cm³/mol. The first-order valence-corrected chi connectivity index (χ1v) is 5.54. The first-order chi connectivity index (χ1) is 6.19. The van der Waals surface area contributed by atoms with E-state index in [1.807, 2.05) is 19.1 Å². The van der Waals surface area contributed by atoms with E-state index in [1.54, 1.807) is 6.08 Å². The topological polar surface area (TPSA) is 17.1 Å². The molecule has 0 aromatic carbocycles. The molecule has 0 amide bonds. The summed E-state index contributed by atoms with van der Waals surface area (Å²) in [5, 5.41) is 0. The van der Waals surface area contributed by atoms with Crippen molar-refractivity contribution in [1.29, 1.82) is 0 Å². The van der Waals surface area contributed by atoms with Crippen molar-refractivity contribution in [3.05, 3.63) is 47.4 Å². The maximum absolute atomic E-state index is 11.7. The van der Waals surface area contributed by atoms with Gasteiger partial charge in [-0.15, -0.1) is 0 Å². The van der Waals surface area contributed by atoms with Gasteiger partial charge in [-0.2, -0.15) is 0 Å². The standard InChI is InChI=1S/C11H14OS/c1-4-6-11-10(5-2)7-9(3)8-13(11)12/h4-6H,2-3,7-8H2,1H3/b6-4-. The Morgan fingerprint density at radius 3 is 2.77 bits per heavy atom. The Morgan fingerprint density at radius 1 is 1.54 bits per heavy atom.